The molecule has 12 heteroatoms. The molecule has 10 nitrogen and oxygen atoms in total. The van der Waals surface area contributed by atoms with Gasteiger partial charge in [-0.05, 0) is 48.2 Å². The van der Waals surface area contributed by atoms with Crippen LogP contribution in [-0.4, -0.2) is 68.5 Å². The smallest absolute Gasteiger partial charge is 0.355 e. The largest absolute Gasteiger partial charge is 0.384 e. The van der Waals surface area contributed by atoms with Gasteiger partial charge in [-0.3, -0.25) is 4.79 Å². The number of carbonyl (C=O) groups excluding carboxylic acids is 1. The number of hydrogen-bond donors (Lipinski definition) is 2. The van der Waals surface area contributed by atoms with Crippen molar-refractivity contribution in [3.63, 3.8) is 0 Å². The van der Waals surface area contributed by atoms with Crippen LogP contribution < -0.4 is 16.7 Å². The van der Waals surface area contributed by atoms with Gasteiger partial charge in [0.15, 0.2) is 5.65 Å². The highest BCUT2D eigenvalue weighted by Gasteiger charge is 2.18. The Kier molecular flexibility index (Phi) is 7.69. The van der Waals surface area contributed by atoms with Crippen molar-refractivity contribution in [3.05, 3.63) is 74.3 Å². The highest BCUT2D eigenvalue weighted by Crippen LogP contribution is 2.30. The number of carbonyl (C=O) groups is 1. The van der Waals surface area contributed by atoms with Crippen molar-refractivity contribution in [2.24, 2.45) is 0 Å². The normalized spacial score (nSPS) is 13.6. The van der Waals surface area contributed by atoms with Gasteiger partial charge in [-0.1, -0.05) is 35.3 Å². The molecule has 1 amide bonds. The van der Waals surface area contributed by atoms with E-state index in [-0.39, 0.29) is 33.1 Å². The van der Waals surface area contributed by atoms with E-state index in [2.05, 4.69) is 37.3 Å². The van der Waals surface area contributed by atoms with Crippen LogP contribution in [0.3, 0.4) is 0 Å². The fourth-order valence-electron chi connectivity index (χ4n) is 4.63. The number of para-hydroxylation sites is 1. The molecule has 0 spiro atoms. The first-order valence-electron chi connectivity index (χ1n) is 12.5. The van der Waals surface area contributed by atoms with Gasteiger partial charge in [0.1, 0.15) is 5.82 Å². The Labute approximate surface area is 235 Å². The van der Waals surface area contributed by atoms with Crippen LogP contribution >= 0.6 is 23.2 Å². The number of nitrogens with one attached hydrogen (secondary N) is 1. The summed E-state index contributed by atoms with van der Waals surface area (Å²) in [7, 11) is 1.83. The van der Waals surface area contributed by atoms with E-state index >= 15 is 0 Å². The molecular weight excluding hydrogens is 539 g/mol. The third kappa shape index (κ3) is 5.68. The number of amides is 1. The Morgan fingerprint density at radius 1 is 1.10 bits per heavy atom. The zero-order valence-corrected chi connectivity index (χ0v) is 23.1. The molecule has 1 aliphatic rings. The summed E-state index contributed by atoms with van der Waals surface area (Å²) < 4.78 is 1.16. The second kappa shape index (κ2) is 11.2. The van der Waals surface area contributed by atoms with E-state index in [1.807, 2.05) is 13.1 Å². The van der Waals surface area contributed by atoms with Gasteiger partial charge in [0.2, 0.25) is 11.9 Å². The standard InChI is InChI=1S/C27H28Cl2N8O2/c1-16(38)35(2)12-13-36-10-8-17-6-7-19(14-18(17)9-11-36)32-26-31-15-20-24(30)37(27(39)34-25(20)33-26)23-21(28)4-3-5-22(23)29/h3-7,14-15H,8-13,30H2,1-2H3,(H,32,33,34,39). The minimum absolute atomic E-state index is 0.0771. The highest BCUT2D eigenvalue weighted by molar-refractivity contribution is 6.37. The maximum absolute atomic E-state index is 12.9. The summed E-state index contributed by atoms with van der Waals surface area (Å²) >= 11 is 12.6. The summed E-state index contributed by atoms with van der Waals surface area (Å²) in [6.45, 7) is 5.01. The van der Waals surface area contributed by atoms with Crippen LogP contribution in [0, 0.1) is 0 Å². The van der Waals surface area contributed by atoms with Crippen LogP contribution in [0.4, 0.5) is 17.5 Å². The van der Waals surface area contributed by atoms with E-state index in [0.29, 0.717) is 17.9 Å². The molecule has 0 saturated heterocycles. The Morgan fingerprint density at radius 3 is 2.54 bits per heavy atom. The number of rotatable bonds is 6. The van der Waals surface area contributed by atoms with Crippen molar-refractivity contribution in [1.82, 2.24) is 29.3 Å². The van der Waals surface area contributed by atoms with E-state index in [1.165, 1.54) is 17.3 Å². The predicted molar refractivity (Wildman–Crippen MR) is 154 cm³/mol. The molecule has 0 unspecified atom stereocenters. The Hall–Kier alpha value is -3.73. The van der Waals surface area contributed by atoms with Gasteiger partial charge in [-0.25, -0.2) is 14.3 Å². The number of benzene rings is 2. The molecule has 2 aromatic carbocycles. The number of hydrogen-bond acceptors (Lipinski definition) is 8. The minimum Gasteiger partial charge on any atom is -0.384 e. The van der Waals surface area contributed by atoms with Crippen LogP contribution in [0.25, 0.3) is 16.7 Å². The van der Waals surface area contributed by atoms with Crippen LogP contribution in [0.5, 0.6) is 0 Å². The lowest BCUT2D eigenvalue weighted by Gasteiger charge is -2.23. The number of likely N-dealkylation sites (N-methyl/N-ethyl adjacent to an activating group) is 1. The van der Waals surface area contributed by atoms with E-state index in [1.54, 1.807) is 30.0 Å². The lowest BCUT2D eigenvalue weighted by atomic mass is 10.0. The molecule has 39 heavy (non-hydrogen) atoms. The Bertz CT molecular complexity index is 1600. The van der Waals surface area contributed by atoms with E-state index in [9.17, 15) is 9.59 Å². The molecular formula is C27H28Cl2N8O2. The summed E-state index contributed by atoms with van der Waals surface area (Å²) in [6.07, 6.45) is 3.36. The molecule has 3 heterocycles. The Morgan fingerprint density at radius 2 is 1.82 bits per heavy atom. The molecule has 0 aliphatic carbocycles. The van der Waals surface area contributed by atoms with Gasteiger partial charge in [0.05, 0.1) is 21.1 Å². The molecule has 0 fully saturated rings. The minimum atomic E-state index is -0.649. The van der Waals surface area contributed by atoms with Gasteiger partial charge in [0.25, 0.3) is 0 Å². The number of halogens is 2. The molecule has 4 aromatic rings. The molecule has 0 radical (unpaired) electrons. The van der Waals surface area contributed by atoms with Crippen LogP contribution in [-0.2, 0) is 17.6 Å². The van der Waals surface area contributed by atoms with Crippen molar-refractivity contribution in [1.29, 1.82) is 0 Å². The maximum atomic E-state index is 12.9. The van der Waals surface area contributed by atoms with Crippen molar-refractivity contribution in [2.75, 3.05) is 44.3 Å². The summed E-state index contributed by atoms with van der Waals surface area (Å²) in [4.78, 5) is 41.5. The van der Waals surface area contributed by atoms with Crippen LogP contribution in [0.1, 0.15) is 18.1 Å². The van der Waals surface area contributed by atoms with Crippen molar-refractivity contribution in [2.45, 2.75) is 19.8 Å². The highest BCUT2D eigenvalue weighted by atomic mass is 35.5. The number of fused-ring (bicyclic) bond motifs is 2. The van der Waals surface area contributed by atoms with Crippen molar-refractivity contribution < 1.29 is 4.79 Å². The molecule has 0 saturated carbocycles. The SMILES string of the molecule is CC(=O)N(C)CCN1CCc2ccc(Nc3ncc4c(N)n(-c5c(Cl)cccc5Cl)c(=O)nc4n3)cc2CC1. The zero-order valence-electron chi connectivity index (χ0n) is 21.6. The molecule has 202 valence electrons. The van der Waals surface area contributed by atoms with Gasteiger partial charge in [0, 0.05) is 52.0 Å². The molecule has 0 atom stereocenters. The maximum Gasteiger partial charge on any atom is 0.355 e. The molecule has 1 aliphatic heterocycles. The summed E-state index contributed by atoms with van der Waals surface area (Å²) in [5, 5.41) is 4.16. The second-order valence-corrected chi connectivity index (χ2v) is 10.3. The fraction of sp³-hybridized carbons (Fsp3) is 0.296. The van der Waals surface area contributed by atoms with E-state index in [0.717, 1.165) is 42.7 Å². The quantitative estimate of drug-likeness (QED) is 0.362. The molecule has 3 N–H and O–H groups in total. The fourth-order valence-corrected chi connectivity index (χ4v) is 5.20. The second-order valence-electron chi connectivity index (χ2n) is 9.51. The third-order valence-electron chi connectivity index (χ3n) is 6.99. The van der Waals surface area contributed by atoms with Gasteiger partial charge in [-0.2, -0.15) is 9.97 Å². The number of aromatic nitrogens is 4. The summed E-state index contributed by atoms with van der Waals surface area (Å²) in [5.41, 5.74) is 9.49. The number of nitrogens with two attached hydrogens (primary N) is 1. The average Bonchev–Trinajstić information content (AvgIpc) is 3.10. The topological polar surface area (TPSA) is 122 Å². The summed E-state index contributed by atoms with van der Waals surface area (Å²) in [5.74, 6) is 0.466. The van der Waals surface area contributed by atoms with Crippen LogP contribution in [0.2, 0.25) is 10.0 Å². The zero-order chi connectivity index (χ0) is 27.7. The number of nitrogens with zero attached hydrogens (tertiary/aromatic N) is 6. The van der Waals surface area contributed by atoms with Crippen molar-refractivity contribution >= 4 is 57.6 Å². The van der Waals surface area contributed by atoms with E-state index in [4.69, 9.17) is 28.9 Å². The van der Waals surface area contributed by atoms with Crippen LogP contribution in [0.15, 0.2) is 47.4 Å². The molecule has 2 aromatic heterocycles. The van der Waals surface area contributed by atoms with E-state index < -0.39 is 5.69 Å². The van der Waals surface area contributed by atoms with Crippen molar-refractivity contribution in [3.8, 4) is 5.69 Å². The molecule has 0 bridgehead atoms. The Balaban J connectivity index is 1.35. The lowest BCUT2D eigenvalue weighted by molar-refractivity contribution is -0.127. The first-order chi connectivity index (χ1) is 18.7. The van der Waals surface area contributed by atoms with Gasteiger partial charge in [-0.15, -0.1) is 0 Å². The first kappa shape index (κ1) is 26.9. The predicted octanol–water partition coefficient (Wildman–Crippen LogP) is 3.69. The third-order valence-corrected chi connectivity index (χ3v) is 7.60. The number of anilines is 3. The number of nitrogen functional groups attached to an aromatic ring is 1. The van der Waals surface area contributed by atoms with Gasteiger partial charge >= 0.3 is 5.69 Å². The first-order valence-corrected chi connectivity index (χ1v) is 13.3. The van der Waals surface area contributed by atoms with Gasteiger partial charge < -0.3 is 20.9 Å². The monoisotopic (exact) mass is 566 g/mol. The average molecular weight is 567 g/mol. The molecule has 5 rings (SSSR count). The summed E-state index contributed by atoms with van der Waals surface area (Å²) in [6, 6.07) is 11.1. The lowest BCUT2D eigenvalue weighted by Crippen LogP contribution is -2.36.